The molecule has 1 amide bonds. The van der Waals surface area contributed by atoms with Gasteiger partial charge in [-0.3, -0.25) is 14.5 Å². The Morgan fingerprint density at radius 2 is 1.77 bits per heavy atom. The normalized spacial score (nSPS) is 17.1. The zero-order valence-electron chi connectivity index (χ0n) is 13.0. The fourth-order valence-corrected chi connectivity index (χ4v) is 2.74. The van der Waals surface area contributed by atoms with Crippen LogP contribution in [0, 0.1) is 0 Å². The minimum Gasteiger partial charge on any atom is -0.497 e. The summed E-state index contributed by atoms with van der Waals surface area (Å²) in [5.74, 6) is -0.100. The average molecular weight is 306 g/mol. The molecule has 1 aliphatic heterocycles. The summed E-state index contributed by atoms with van der Waals surface area (Å²) in [6.07, 6.45) is 0.571. The number of piperazine rings is 1. The molecule has 1 aromatic carbocycles. The summed E-state index contributed by atoms with van der Waals surface area (Å²) < 4.78 is 5.08. The minimum atomic E-state index is -0.794. The lowest BCUT2D eigenvalue weighted by Crippen LogP contribution is -2.53. The molecule has 1 N–H and O–H groups in total. The molecular formula is C16H22N2O4. The maximum atomic E-state index is 12.4. The largest absolute Gasteiger partial charge is 0.497 e. The average Bonchev–Trinajstić information content (AvgIpc) is 2.55. The van der Waals surface area contributed by atoms with E-state index in [1.807, 2.05) is 11.8 Å². The first kappa shape index (κ1) is 16.3. The zero-order chi connectivity index (χ0) is 16.1. The van der Waals surface area contributed by atoms with Crippen LogP contribution in [0.2, 0.25) is 0 Å². The summed E-state index contributed by atoms with van der Waals surface area (Å²) in [6, 6.07) is 6.57. The molecule has 1 fully saturated rings. The van der Waals surface area contributed by atoms with Gasteiger partial charge in [0, 0.05) is 31.7 Å². The maximum Gasteiger partial charge on any atom is 0.320 e. The van der Waals surface area contributed by atoms with Crippen molar-refractivity contribution in [1.82, 2.24) is 9.80 Å². The second-order valence-corrected chi connectivity index (χ2v) is 5.32. The zero-order valence-corrected chi connectivity index (χ0v) is 13.0. The third kappa shape index (κ3) is 3.57. The van der Waals surface area contributed by atoms with Crippen molar-refractivity contribution in [3.8, 4) is 5.75 Å². The number of aliphatic carboxylic acids is 1. The lowest BCUT2D eigenvalue weighted by molar-refractivity contribution is -0.144. The van der Waals surface area contributed by atoms with Gasteiger partial charge in [0.1, 0.15) is 11.8 Å². The van der Waals surface area contributed by atoms with Crippen molar-refractivity contribution in [3.05, 3.63) is 29.8 Å². The highest BCUT2D eigenvalue weighted by molar-refractivity contribution is 5.94. The van der Waals surface area contributed by atoms with Gasteiger partial charge in [0.25, 0.3) is 5.91 Å². The van der Waals surface area contributed by atoms with Gasteiger partial charge in [-0.15, -0.1) is 0 Å². The molecule has 1 aliphatic rings. The minimum absolute atomic E-state index is 0.0225. The van der Waals surface area contributed by atoms with Gasteiger partial charge in [0.05, 0.1) is 7.11 Å². The van der Waals surface area contributed by atoms with Crippen LogP contribution in [0.25, 0.3) is 0 Å². The van der Waals surface area contributed by atoms with Crippen molar-refractivity contribution in [2.45, 2.75) is 19.4 Å². The van der Waals surface area contributed by atoms with Crippen molar-refractivity contribution in [3.63, 3.8) is 0 Å². The van der Waals surface area contributed by atoms with Gasteiger partial charge in [-0.2, -0.15) is 0 Å². The summed E-state index contributed by atoms with van der Waals surface area (Å²) in [7, 11) is 1.59. The van der Waals surface area contributed by atoms with Crippen molar-refractivity contribution in [1.29, 1.82) is 0 Å². The van der Waals surface area contributed by atoms with Crippen LogP contribution >= 0.6 is 0 Å². The van der Waals surface area contributed by atoms with Crippen LogP contribution in [0.4, 0.5) is 0 Å². The van der Waals surface area contributed by atoms with Gasteiger partial charge >= 0.3 is 5.97 Å². The van der Waals surface area contributed by atoms with E-state index in [1.165, 1.54) is 0 Å². The standard InChI is InChI=1S/C16H22N2O4/c1-3-14(16(20)21)17-8-10-18(11-9-17)15(19)12-4-6-13(22-2)7-5-12/h4-7,14H,3,8-11H2,1-2H3,(H,20,21). The highest BCUT2D eigenvalue weighted by atomic mass is 16.5. The molecule has 2 rings (SSSR count). The van der Waals surface area contributed by atoms with E-state index in [-0.39, 0.29) is 5.91 Å². The highest BCUT2D eigenvalue weighted by Crippen LogP contribution is 2.15. The molecule has 6 nitrogen and oxygen atoms in total. The third-order valence-electron chi connectivity index (χ3n) is 4.05. The van der Waals surface area contributed by atoms with Crippen molar-refractivity contribution in [2.75, 3.05) is 33.3 Å². The monoisotopic (exact) mass is 306 g/mol. The van der Waals surface area contributed by atoms with Crippen LogP contribution in [0.5, 0.6) is 5.75 Å². The number of carboxylic acid groups (broad SMARTS) is 1. The molecule has 1 atom stereocenters. The van der Waals surface area contributed by atoms with Gasteiger partial charge in [-0.05, 0) is 30.7 Å². The number of hydrogen-bond donors (Lipinski definition) is 1. The van der Waals surface area contributed by atoms with Gasteiger partial charge in [0.15, 0.2) is 0 Å². The number of ether oxygens (including phenoxy) is 1. The molecule has 1 saturated heterocycles. The van der Waals surface area contributed by atoms with Gasteiger partial charge in [0.2, 0.25) is 0 Å². The lowest BCUT2D eigenvalue weighted by Gasteiger charge is -2.37. The topological polar surface area (TPSA) is 70.1 Å². The van der Waals surface area contributed by atoms with Gasteiger partial charge < -0.3 is 14.7 Å². The van der Waals surface area contributed by atoms with E-state index in [1.54, 1.807) is 36.3 Å². The smallest absolute Gasteiger partial charge is 0.320 e. The van der Waals surface area contributed by atoms with Gasteiger partial charge in [-0.25, -0.2) is 0 Å². The SMILES string of the molecule is CCC(C(=O)O)N1CCN(C(=O)c2ccc(OC)cc2)CC1. The second-order valence-electron chi connectivity index (χ2n) is 5.32. The van der Waals surface area contributed by atoms with Crippen LogP contribution in [-0.2, 0) is 4.79 Å². The number of amides is 1. The Balaban J connectivity index is 1.95. The number of carbonyl (C=O) groups excluding carboxylic acids is 1. The fraction of sp³-hybridized carbons (Fsp3) is 0.500. The molecule has 0 bridgehead atoms. The fourth-order valence-electron chi connectivity index (χ4n) is 2.74. The van der Waals surface area contributed by atoms with E-state index in [9.17, 15) is 14.7 Å². The Hall–Kier alpha value is -2.08. The highest BCUT2D eigenvalue weighted by Gasteiger charge is 2.29. The third-order valence-corrected chi connectivity index (χ3v) is 4.05. The number of rotatable bonds is 5. The predicted molar refractivity (Wildman–Crippen MR) is 82.2 cm³/mol. The molecule has 120 valence electrons. The van der Waals surface area contributed by atoms with E-state index >= 15 is 0 Å². The molecule has 0 saturated carbocycles. The first-order valence-corrected chi connectivity index (χ1v) is 7.47. The molecular weight excluding hydrogens is 284 g/mol. The van der Waals surface area contributed by atoms with Gasteiger partial charge in [-0.1, -0.05) is 6.92 Å². The molecule has 1 unspecified atom stereocenters. The van der Waals surface area contributed by atoms with Crippen LogP contribution in [0.1, 0.15) is 23.7 Å². The van der Waals surface area contributed by atoms with E-state index < -0.39 is 12.0 Å². The number of benzene rings is 1. The van der Waals surface area contributed by atoms with E-state index in [4.69, 9.17) is 4.74 Å². The molecule has 22 heavy (non-hydrogen) atoms. The first-order valence-electron chi connectivity index (χ1n) is 7.47. The summed E-state index contributed by atoms with van der Waals surface area (Å²) in [5.41, 5.74) is 0.625. The van der Waals surface area contributed by atoms with Crippen LogP contribution in [0.3, 0.4) is 0 Å². The molecule has 0 spiro atoms. The molecule has 1 aromatic rings. The molecule has 6 heteroatoms. The molecule has 0 aliphatic carbocycles. The summed E-state index contributed by atoms with van der Waals surface area (Å²) in [5, 5.41) is 9.19. The number of nitrogens with zero attached hydrogens (tertiary/aromatic N) is 2. The number of methoxy groups -OCH3 is 1. The number of carboxylic acids is 1. The Labute approximate surface area is 130 Å². The summed E-state index contributed by atoms with van der Waals surface area (Å²) in [6.45, 7) is 4.15. The Kier molecular flexibility index (Phi) is 5.38. The molecule has 0 aromatic heterocycles. The van der Waals surface area contributed by atoms with Crippen LogP contribution in [-0.4, -0.2) is 66.1 Å². The van der Waals surface area contributed by atoms with Crippen LogP contribution < -0.4 is 4.74 Å². The predicted octanol–water partition coefficient (Wildman–Crippen LogP) is 1.32. The van der Waals surface area contributed by atoms with Crippen molar-refractivity contribution in [2.24, 2.45) is 0 Å². The quantitative estimate of drug-likeness (QED) is 0.888. The van der Waals surface area contributed by atoms with E-state index in [2.05, 4.69) is 0 Å². The lowest BCUT2D eigenvalue weighted by atomic mass is 10.1. The summed E-state index contributed by atoms with van der Waals surface area (Å²) >= 11 is 0. The maximum absolute atomic E-state index is 12.4. The Morgan fingerprint density at radius 3 is 2.23 bits per heavy atom. The number of carbonyl (C=O) groups is 2. The first-order chi connectivity index (χ1) is 10.6. The number of hydrogen-bond acceptors (Lipinski definition) is 4. The second kappa shape index (κ2) is 7.26. The Bertz CT molecular complexity index is 521. The van der Waals surface area contributed by atoms with Crippen LogP contribution in [0.15, 0.2) is 24.3 Å². The van der Waals surface area contributed by atoms with E-state index in [0.29, 0.717) is 43.9 Å². The molecule has 1 heterocycles. The Morgan fingerprint density at radius 1 is 1.18 bits per heavy atom. The molecule has 0 radical (unpaired) electrons. The summed E-state index contributed by atoms with van der Waals surface area (Å²) in [4.78, 5) is 27.3. The van der Waals surface area contributed by atoms with Crippen molar-refractivity contribution < 1.29 is 19.4 Å². The van der Waals surface area contributed by atoms with Crippen molar-refractivity contribution >= 4 is 11.9 Å². The van der Waals surface area contributed by atoms with E-state index in [0.717, 1.165) is 0 Å².